The fourth-order valence-corrected chi connectivity index (χ4v) is 4.65. The molecule has 13 heteroatoms. The van der Waals surface area contributed by atoms with E-state index < -0.39 is 35.7 Å². The van der Waals surface area contributed by atoms with Crippen molar-refractivity contribution in [2.75, 3.05) is 23.8 Å². The van der Waals surface area contributed by atoms with E-state index in [4.69, 9.17) is 15.2 Å². The molecule has 40 heavy (non-hydrogen) atoms. The lowest BCUT2D eigenvalue weighted by molar-refractivity contribution is -0.0575. The van der Waals surface area contributed by atoms with E-state index in [1.54, 1.807) is 13.0 Å². The van der Waals surface area contributed by atoms with E-state index in [0.29, 0.717) is 34.4 Å². The highest BCUT2D eigenvalue weighted by Crippen LogP contribution is 2.34. The Labute approximate surface area is 225 Å². The van der Waals surface area contributed by atoms with Gasteiger partial charge in [-0.3, -0.25) is 0 Å². The van der Waals surface area contributed by atoms with Gasteiger partial charge in [-0.05, 0) is 42.8 Å². The van der Waals surface area contributed by atoms with E-state index in [1.165, 1.54) is 46.2 Å². The fraction of sp³-hybridized carbons (Fsp3) is 0.185. The molecule has 4 heterocycles. The summed E-state index contributed by atoms with van der Waals surface area (Å²) < 4.78 is 54.5. The van der Waals surface area contributed by atoms with Crippen LogP contribution in [0.1, 0.15) is 22.9 Å². The lowest BCUT2D eigenvalue weighted by Crippen LogP contribution is -2.30. The van der Waals surface area contributed by atoms with Crippen molar-refractivity contribution in [2.45, 2.75) is 19.4 Å². The zero-order valence-electron chi connectivity index (χ0n) is 21.0. The van der Waals surface area contributed by atoms with Gasteiger partial charge in [0.2, 0.25) is 18.0 Å². The van der Waals surface area contributed by atoms with Gasteiger partial charge in [-0.2, -0.15) is 5.10 Å². The highest BCUT2D eigenvalue weighted by atomic mass is 19.1. The molecule has 0 saturated carbocycles. The normalized spacial score (nSPS) is 16.1. The van der Waals surface area contributed by atoms with Crippen LogP contribution in [-0.2, 0) is 4.74 Å². The Balaban J connectivity index is 1.27. The van der Waals surface area contributed by atoms with Crippen molar-refractivity contribution in [3.63, 3.8) is 0 Å². The number of fused-ring (bicyclic) bond motifs is 1. The third-order valence-corrected chi connectivity index (χ3v) is 6.72. The number of pyridine rings is 1. The minimum atomic E-state index is -1.24. The molecule has 1 aliphatic rings. The van der Waals surface area contributed by atoms with Crippen LogP contribution in [0.2, 0.25) is 0 Å². The third-order valence-electron chi connectivity index (χ3n) is 6.72. The van der Waals surface area contributed by atoms with E-state index in [0.717, 1.165) is 12.1 Å². The summed E-state index contributed by atoms with van der Waals surface area (Å²) in [5.74, 6) is -2.75. The van der Waals surface area contributed by atoms with Crippen molar-refractivity contribution in [2.24, 2.45) is 0 Å². The number of aliphatic hydroxyl groups is 2. The Hall–Kier alpha value is -4.59. The van der Waals surface area contributed by atoms with E-state index >= 15 is 0 Å². The van der Waals surface area contributed by atoms with E-state index in [-0.39, 0.29) is 29.6 Å². The van der Waals surface area contributed by atoms with Crippen molar-refractivity contribution in [3.8, 4) is 17.3 Å². The molecule has 0 spiro atoms. The molecular formula is C27H23F3N6O4. The standard InChI is InChI=1S/C27H23F3N6O4/c1-13-7-23(40-25-16(28)3-2-4-17(25)29)32-12-22(13)36-26(31)15(11-33-36)24(37)20-9-14-8-18(30)21(10-19(14)34-20)35-5-6-39-27(35)38/h2-4,7-12,24,27,34,37-38H,5-6,31H2,1H3. The number of aromatic nitrogens is 4. The molecule has 2 unspecified atom stereocenters. The Kier molecular flexibility index (Phi) is 6.33. The Morgan fingerprint density at radius 3 is 2.58 bits per heavy atom. The maximum atomic E-state index is 14.8. The number of aryl methyl sites for hydroxylation is 1. The number of benzene rings is 2. The van der Waals surface area contributed by atoms with Crippen LogP contribution in [0.5, 0.6) is 11.6 Å². The van der Waals surface area contributed by atoms with Crippen molar-refractivity contribution < 1.29 is 32.9 Å². The van der Waals surface area contributed by atoms with Crippen LogP contribution in [-0.4, -0.2) is 49.5 Å². The van der Waals surface area contributed by atoms with Crippen molar-refractivity contribution in [1.82, 2.24) is 19.7 Å². The molecule has 206 valence electrons. The number of para-hydroxylation sites is 1. The molecule has 1 fully saturated rings. The topological polar surface area (TPSA) is 135 Å². The van der Waals surface area contributed by atoms with Crippen LogP contribution in [0, 0.1) is 24.4 Å². The van der Waals surface area contributed by atoms with Gasteiger partial charge in [-0.1, -0.05) is 6.07 Å². The summed E-state index contributed by atoms with van der Waals surface area (Å²) in [5.41, 5.74) is 8.71. The quantitative estimate of drug-likeness (QED) is 0.248. The molecule has 0 radical (unpaired) electrons. The van der Waals surface area contributed by atoms with Gasteiger partial charge in [0.05, 0.1) is 30.4 Å². The number of nitrogens with two attached hydrogens (primary N) is 1. The second-order valence-corrected chi connectivity index (χ2v) is 9.27. The lowest BCUT2D eigenvalue weighted by atomic mass is 10.1. The van der Waals surface area contributed by atoms with Gasteiger partial charge in [0, 0.05) is 34.8 Å². The molecule has 1 aliphatic heterocycles. The van der Waals surface area contributed by atoms with E-state index in [9.17, 15) is 23.4 Å². The monoisotopic (exact) mass is 552 g/mol. The number of hydrogen-bond acceptors (Lipinski definition) is 8. The summed E-state index contributed by atoms with van der Waals surface area (Å²) in [6, 6.07) is 9.30. The van der Waals surface area contributed by atoms with E-state index in [1.807, 2.05) is 0 Å². The number of hydrogen-bond donors (Lipinski definition) is 4. The molecule has 6 rings (SSSR count). The number of nitrogens with zero attached hydrogens (tertiary/aromatic N) is 4. The molecule has 2 atom stereocenters. The average Bonchev–Trinajstić information content (AvgIpc) is 3.64. The SMILES string of the molecule is Cc1cc(Oc2c(F)cccc2F)ncc1-n1ncc(C(O)c2cc3cc(F)c(N4CCOC4O)cc3[nH]2)c1N. The molecule has 2 aromatic carbocycles. The molecule has 10 nitrogen and oxygen atoms in total. The van der Waals surface area contributed by atoms with Crippen molar-refractivity contribution in [1.29, 1.82) is 0 Å². The molecule has 5 aromatic rings. The van der Waals surface area contributed by atoms with Crippen LogP contribution in [0.3, 0.4) is 0 Å². The van der Waals surface area contributed by atoms with Crippen LogP contribution < -0.4 is 15.4 Å². The van der Waals surface area contributed by atoms with Crippen molar-refractivity contribution in [3.05, 3.63) is 89.1 Å². The second-order valence-electron chi connectivity index (χ2n) is 9.27. The molecular weight excluding hydrogens is 529 g/mol. The van der Waals surface area contributed by atoms with Crippen LogP contribution in [0.4, 0.5) is 24.7 Å². The molecule has 0 aliphatic carbocycles. The highest BCUT2D eigenvalue weighted by molar-refractivity contribution is 5.84. The summed E-state index contributed by atoms with van der Waals surface area (Å²) >= 11 is 0. The molecule has 5 N–H and O–H groups in total. The summed E-state index contributed by atoms with van der Waals surface area (Å²) in [4.78, 5) is 8.60. The fourth-order valence-electron chi connectivity index (χ4n) is 4.65. The zero-order valence-corrected chi connectivity index (χ0v) is 21.0. The number of aromatic amines is 1. The predicted octanol–water partition coefficient (Wildman–Crippen LogP) is 4.04. The Bertz CT molecular complexity index is 1720. The smallest absolute Gasteiger partial charge is 0.238 e. The number of anilines is 2. The first-order valence-electron chi connectivity index (χ1n) is 12.2. The average molecular weight is 553 g/mol. The number of rotatable bonds is 6. The number of ether oxygens (including phenoxy) is 2. The van der Waals surface area contributed by atoms with E-state index in [2.05, 4.69) is 15.1 Å². The van der Waals surface area contributed by atoms with Gasteiger partial charge in [0.25, 0.3) is 0 Å². The molecule has 3 aromatic heterocycles. The lowest BCUT2D eigenvalue weighted by Gasteiger charge is -2.21. The highest BCUT2D eigenvalue weighted by Gasteiger charge is 2.27. The summed E-state index contributed by atoms with van der Waals surface area (Å²) in [6.07, 6.45) is 0.311. The number of nitrogen functional groups attached to an aromatic ring is 1. The summed E-state index contributed by atoms with van der Waals surface area (Å²) in [5, 5.41) is 25.9. The van der Waals surface area contributed by atoms with Crippen molar-refractivity contribution >= 4 is 22.4 Å². The zero-order chi connectivity index (χ0) is 28.1. The van der Waals surface area contributed by atoms with Gasteiger partial charge >= 0.3 is 0 Å². The minimum absolute atomic E-state index is 0.0334. The van der Waals surface area contributed by atoms with Crippen LogP contribution >= 0.6 is 0 Å². The molecule has 1 saturated heterocycles. The number of halogens is 3. The predicted molar refractivity (Wildman–Crippen MR) is 139 cm³/mol. The minimum Gasteiger partial charge on any atom is -0.433 e. The van der Waals surface area contributed by atoms with Gasteiger partial charge in [0.1, 0.15) is 17.7 Å². The maximum absolute atomic E-state index is 14.8. The van der Waals surface area contributed by atoms with Crippen LogP contribution in [0.25, 0.3) is 16.6 Å². The largest absolute Gasteiger partial charge is 0.433 e. The number of H-pyrrole nitrogens is 1. The first kappa shape index (κ1) is 25.7. The summed E-state index contributed by atoms with van der Waals surface area (Å²) in [7, 11) is 0. The third kappa shape index (κ3) is 4.39. The Morgan fingerprint density at radius 1 is 1.10 bits per heavy atom. The summed E-state index contributed by atoms with van der Waals surface area (Å²) in [6.45, 7) is 2.31. The van der Waals surface area contributed by atoms with Gasteiger partial charge in [-0.15, -0.1) is 0 Å². The number of aliphatic hydroxyl groups excluding tert-OH is 2. The second kappa shape index (κ2) is 9.86. The molecule has 0 bridgehead atoms. The first-order valence-corrected chi connectivity index (χ1v) is 12.2. The number of nitrogens with one attached hydrogen (secondary N) is 1. The Morgan fingerprint density at radius 2 is 1.88 bits per heavy atom. The maximum Gasteiger partial charge on any atom is 0.238 e. The van der Waals surface area contributed by atoms with Crippen LogP contribution in [0.15, 0.2) is 54.9 Å². The van der Waals surface area contributed by atoms with Gasteiger partial charge in [-0.25, -0.2) is 22.8 Å². The first-order chi connectivity index (χ1) is 19.2. The molecule has 0 amide bonds. The van der Waals surface area contributed by atoms with Gasteiger partial charge < -0.3 is 35.3 Å². The van der Waals surface area contributed by atoms with Gasteiger partial charge in [0.15, 0.2) is 11.6 Å².